The van der Waals surface area contributed by atoms with Crippen LogP contribution in [0.3, 0.4) is 0 Å². The summed E-state index contributed by atoms with van der Waals surface area (Å²) in [6.07, 6.45) is 3.30. The highest BCUT2D eigenvalue weighted by atomic mass is 32.2. The Kier molecular flexibility index (Phi) is 4.77. The maximum absolute atomic E-state index is 12.5. The molecule has 2 aromatic rings. The molecule has 1 saturated heterocycles. The minimum atomic E-state index is -1.06. The van der Waals surface area contributed by atoms with Gasteiger partial charge in [-0.2, -0.15) is 0 Å². The van der Waals surface area contributed by atoms with E-state index in [4.69, 9.17) is 15.3 Å². The molecule has 3 rings (SSSR count). The number of Topliss-reactive ketones (excluding diaryl/α,β-unsaturated/α-hetero) is 1. The van der Waals surface area contributed by atoms with Gasteiger partial charge in [0.05, 0.1) is 9.95 Å². The Balaban J connectivity index is 1.82. The zero-order chi connectivity index (χ0) is 17.1. The number of carboxylic acid groups (broad SMARTS) is 1. The van der Waals surface area contributed by atoms with Crippen LogP contribution in [0.15, 0.2) is 40.7 Å². The number of rotatable bonds is 5. The average Bonchev–Trinajstić information content (AvgIpc) is 3.15. The molecular weight excluding hydrogens is 348 g/mol. The molecule has 0 amide bonds. The first kappa shape index (κ1) is 16.4. The molecule has 0 saturated carbocycles. The third kappa shape index (κ3) is 3.55. The Bertz CT molecular complexity index is 830. The Morgan fingerprint density at radius 3 is 3.00 bits per heavy atom. The van der Waals surface area contributed by atoms with Crippen molar-refractivity contribution in [3.63, 3.8) is 0 Å². The molecule has 1 aliphatic rings. The molecule has 1 unspecified atom stereocenters. The summed E-state index contributed by atoms with van der Waals surface area (Å²) in [6.45, 7) is -0.426. The third-order valence-electron chi connectivity index (χ3n) is 3.20. The predicted octanol–water partition coefficient (Wildman–Crippen LogP) is 3.02. The summed E-state index contributed by atoms with van der Waals surface area (Å²) >= 11 is 2.48. The van der Waals surface area contributed by atoms with Crippen molar-refractivity contribution in [3.8, 4) is 5.75 Å². The van der Waals surface area contributed by atoms with E-state index in [0.717, 1.165) is 11.8 Å². The van der Waals surface area contributed by atoms with Crippen molar-refractivity contribution in [1.29, 1.82) is 5.41 Å². The van der Waals surface area contributed by atoms with Crippen molar-refractivity contribution in [2.75, 3.05) is 6.61 Å². The summed E-state index contributed by atoms with van der Waals surface area (Å²) in [4.78, 5) is 27.7. The maximum atomic E-state index is 12.5. The van der Waals surface area contributed by atoms with Gasteiger partial charge in [-0.25, -0.2) is 9.78 Å². The zero-order valence-electron chi connectivity index (χ0n) is 12.3. The highest BCUT2D eigenvalue weighted by Gasteiger charge is 2.38. The summed E-state index contributed by atoms with van der Waals surface area (Å²) in [5, 5.41) is 19.4. The normalized spacial score (nSPS) is 19.0. The SMILES string of the molecule is N=C1SC(=Cc2cccc(OCC(=O)O)c2)C(=O)C1c1nccs1. The van der Waals surface area contributed by atoms with Gasteiger partial charge in [0.15, 0.2) is 12.4 Å². The van der Waals surface area contributed by atoms with Gasteiger partial charge in [0, 0.05) is 11.6 Å². The van der Waals surface area contributed by atoms with E-state index in [0.29, 0.717) is 21.2 Å². The smallest absolute Gasteiger partial charge is 0.341 e. The molecule has 1 aromatic carbocycles. The van der Waals surface area contributed by atoms with Gasteiger partial charge >= 0.3 is 5.97 Å². The summed E-state index contributed by atoms with van der Waals surface area (Å²) in [5.74, 6) is -1.40. The van der Waals surface area contributed by atoms with Crippen LogP contribution in [-0.2, 0) is 9.59 Å². The minimum Gasteiger partial charge on any atom is -0.482 e. The number of ketones is 1. The summed E-state index contributed by atoms with van der Waals surface area (Å²) < 4.78 is 5.13. The van der Waals surface area contributed by atoms with E-state index in [1.54, 1.807) is 41.9 Å². The van der Waals surface area contributed by atoms with Gasteiger partial charge < -0.3 is 9.84 Å². The van der Waals surface area contributed by atoms with Crippen LogP contribution >= 0.6 is 23.1 Å². The lowest BCUT2D eigenvalue weighted by atomic mass is 10.1. The van der Waals surface area contributed by atoms with Crippen molar-refractivity contribution >= 4 is 46.0 Å². The van der Waals surface area contributed by atoms with Gasteiger partial charge in [0.1, 0.15) is 16.7 Å². The van der Waals surface area contributed by atoms with Crippen LogP contribution in [0.5, 0.6) is 5.75 Å². The van der Waals surface area contributed by atoms with E-state index in [1.165, 1.54) is 11.3 Å². The minimum absolute atomic E-state index is 0.142. The van der Waals surface area contributed by atoms with Crippen molar-refractivity contribution in [1.82, 2.24) is 4.98 Å². The van der Waals surface area contributed by atoms with Gasteiger partial charge in [-0.15, -0.1) is 11.3 Å². The molecule has 122 valence electrons. The number of carbonyl (C=O) groups excluding carboxylic acids is 1. The monoisotopic (exact) mass is 360 g/mol. The fourth-order valence-electron chi connectivity index (χ4n) is 2.18. The molecule has 2 N–H and O–H groups in total. The van der Waals surface area contributed by atoms with Gasteiger partial charge in [-0.05, 0) is 23.8 Å². The number of thioether (sulfide) groups is 1. The highest BCUT2D eigenvalue weighted by Crippen LogP contribution is 2.41. The van der Waals surface area contributed by atoms with Crippen LogP contribution in [0.2, 0.25) is 0 Å². The van der Waals surface area contributed by atoms with Gasteiger partial charge in [-0.3, -0.25) is 10.2 Å². The third-order valence-corrected chi connectivity index (χ3v) is 5.04. The average molecular weight is 360 g/mol. The molecule has 8 heteroatoms. The molecule has 1 atom stereocenters. The summed E-state index contributed by atoms with van der Waals surface area (Å²) in [5.41, 5.74) is 0.710. The molecule has 0 aliphatic carbocycles. The first-order valence-corrected chi connectivity index (χ1v) is 8.60. The number of thiazole rings is 1. The topological polar surface area (TPSA) is 100 Å². The number of ether oxygens (including phenoxy) is 1. The number of nitrogens with one attached hydrogen (secondary N) is 1. The van der Waals surface area contributed by atoms with E-state index in [9.17, 15) is 9.59 Å². The predicted molar refractivity (Wildman–Crippen MR) is 92.7 cm³/mol. The number of hydrogen-bond acceptors (Lipinski definition) is 7. The van der Waals surface area contributed by atoms with Crippen LogP contribution in [0.25, 0.3) is 6.08 Å². The van der Waals surface area contributed by atoms with Crippen LogP contribution in [0, 0.1) is 5.41 Å². The Hall–Kier alpha value is -2.45. The number of carbonyl (C=O) groups is 2. The lowest BCUT2D eigenvalue weighted by Crippen LogP contribution is -2.11. The number of carboxylic acids is 1. The maximum Gasteiger partial charge on any atom is 0.341 e. The van der Waals surface area contributed by atoms with E-state index in [-0.39, 0.29) is 10.8 Å². The number of hydrogen-bond donors (Lipinski definition) is 2. The Morgan fingerprint density at radius 2 is 2.29 bits per heavy atom. The molecule has 0 bridgehead atoms. The Labute approximate surface area is 145 Å². The van der Waals surface area contributed by atoms with Gasteiger partial charge in [0.25, 0.3) is 0 Å². The van der Waals surface area contributed by atoms with Crippen molar-refractivity contribution in [2.24, 2.45) is 0 Å². The largest absolute Gasteiger partial charge is 0.482 e. The quantitative estimate of drug-likeness (QED) is 0.795. The van der Waals surface area contributed by atoms with Crippen molar-refractivity contribution in [3.05, 3.63) is 51.3 Å². The van der Waals surface area contributed by atoms with Gasteiger partial charge in [-0.1, -0.05) is 23.9 Å². The summed E-state index contributed by atoms with van der Waals surface area (Å²) in [7, 11) is 0. The fraction of sp³-hybridized carbons (Fsp3) is 0.125. The van der Waals surface area contributed by atoms with Crippen LogP contribution < -0.4 is 4.74 Å². The second-order valence-electron chi connectivity index (χ2n) is 4.90. The highest BCUT2D eigenvalue weighted by molar-refractivity contribution is 8.19. The number of aliphatic carboxylic acids is 1. The van der Waals surface area contributed by atoms with E-state index in [1.807, 2.05) is 0 Å². The first-order chi connectivity index (χ1) is 11.5. The molecule has 0 radical (unpaired) electrons. The van der Waals surface area contributed by atoms with E-state index in [2.05, 4.69) is 4.98 Å². The molecule has 6 nitrogen and oxygen atoms in total. The van der Waals surface area contributed by atoms with Gasteiger partial charge in [0.2, 0.25) is 0 Å². The number of nitrogens with zero attached hydrogens (tertiary/aromatic N) is 1. The second kappa shape index (κ2) is 6.98. The molecule has 0 spiro atoms. The molecule has 1 fully saturated rings. The van der Waals surface area contributed by atoms with E-state index >= 15 is 0 Å². The fourth-order valence-corrected chi connectivity index (χ4v) is 3.99. The van der Waals surface area contributed by atoms with Crippen molar-refractivity contribution < 1.29 is 19.4 Å². The van der Waals surface area contributed by atoms with Crippen molar-refractivity contribution in [2.45, 2.75) is 5.92 Å². The molecule has 24 heavy (non-hydrogen) atoms. The summed E-state index contributed by atoms with van der Waals surface area (Å²) in [6, 6.07) is 6.81. The van der Waals surface area contributed by atoms with Crippen LogP contribution in [-0.4, -0.2) is 33.5 Å². The van der Waals surface area contributed by atoms with Crippen LogP contribution in [0.4, 0.5) is 0 Å². The zero-order valence-corrected chi connectivity index (χ0v) is 13.9. The molecule has 2 heterocycles. The van der Waals surface area contributed by atoms with Crippen LogP contribution in [0.1, 0.15) is 16.5 Å². The number of benzene rings is 1. The lowest BCUT2D eigenvalue weighted by Gasteiger charge is -2.04. The standard InChI is InChI=1S/C16H12N2O4S2/c17-15-13(16-18-4-5-23-16)14(21)11(24-15)7-9-2-1-3-10(6-9)22-8-12(19)20/h1-7,13,17H,8H2,(H,19,20). The number of aromatic nitrogens is 1. The number of allylic oxidation sites excluding steroid dienone is 1. The molecule has 1 aliphatic heterocycles. The molecule has 1 aromatic heterocycles. The second-order valence-corrected chi connectivity index (χ2v) is 6.91. The Morgan fingerprint density at radius 1 is 1.46 bits per heavy atom. The molecular formula is C16H12N2O4S2. The first-order valence-electron chi connectivity index (χ1n) is 6.91. The van der Waals surface area contributed by atoms with E-state index < -0.39 is 18.5 Å². The lowest BCUT2D eigenvalue weighted by molar-refractivity contribution is -0.139.